The zero-order chi connectivity index (χ0) is 10.1. The Labute approximate surface area is 82.4 Å². The Morgan fingerprint density at radius 3 is 3.00 bits per heavy atom. The summed E-state index contributed by atoms with van der Waals surface area (Å²) in [4.78, 5) is 15.2. The van der Waals surface area contributed by atoms with Gasteiger partial charge in [-0.15, -0.1) is 0 Å². The van der Waals surface area contributed by atoms with E-state index >= 15 is 0 Å². The topological polar surface area (TPSA) is 34.4 Å². The number of Topliss-reactive ketones (excluding diaryl/α,β-unsaturated/α-hetero) is 1. The molecule has 72 valence electrons. The number of aryl methyl sites for hydroxylation is 1. The summed E-state index contributed by atoms with van der Waals surface area (Å²) in [5.74, 6) is 0.170. The number of carbonyl (C=O) groups is 1. The monoisotopic (exact) mass is 188 g/mol. The van der Waals surface area contributed by atoms with Crippen LogP contribution in [0.15, 0.2) is 24.5 Å². The zero-order valence-corrected chi connectivity index (χ0v) is 8.32. The second-order valence-electron chi connectivity index (χ2n) is 3.48. The number of pyridine rings is 1. The van der Waals surface area contributed by atoms with Crippen molar-refractivity contribution in [3.63, 3.8) is 0 Å². The molecular weight excluding hydrogens is 176 g/mol. The third-order valence-electron chi connectivity index (χ3n) is 2.28. The molecule has 0 unspecified atom stereocenters. The number of hydrogen-bond donors (Lipinski definition) is 0. The SMILES string of the molecule is CC(=O)Cc1cccc2c(C)ncn12. The number of hydrogen-bond acceptors (Lipinski definition) is 2. The molecule has 0 aliphatic carbocycles. The molecule has 0 aromatic carbocycles. The van der Waals surface area contributed by atoms with Gasteiger partial charge in [-0.2, -0.15) is 0 Å². The van der Waals surface area contributed by atoms with E-state index in [0.717, 1.165) is 16.9 Å². The summed E-state index contributed by atoms with van der Waals surface area (Å²) in [5.41, 5.74) is 3.06. The van der Waals surface area contributed by atoms with E-state index in [9.17, 15) is 4.79 Å². The van der Waals surface area contributed by atoms with Crippen LogP contribution < -0.4 is 0 Å². The van der Waals surface area contributed by atoms with Gasteiger partial charge in [0.15, 0.2) is 0 Å². The van der Waals surface area contributed by atoms with E-state index in [1.54, 1.807) is 13.3 Å². The second-order valence-corrected chi connectivity index (χ2v) is 3.48. The van der Waals surface area contributed by atoms with Crippen LogP contribution in [-0.4, -0.2) is 15.2 Å². The molecule has 2 rings (SSSR count). The highest BCUT2D eigenvalue weighted by Gasteiger charge is 2.04. The Morgan fingerprint density at radius 1 is 1.50 bits per heavy atom. The molecule has 0 N–H and O–H groups in total. The molecule has 0 radical (unpaired) electrons. The lowest BCUT2D eigenvalue weighted by Gasteiger charge is -2.02. The van der Waals surface area contributed by atoms with Gasteiger partial charge >= 0.3 is 0 Å². The van der Waals surface area contributed by atoms with Crippen molar-refractivity contribution in [3.05, 3.63) is 35.9 Å². The van der Waals surface area contributed by atoms with E-state index in [1.807, 2.05) is 29.5 Å². The Kier molecular flexibility index (Phi) is 2.08. The minimum Gasteiger partial charge on any atom is -0.303 e. The zero-order valence-electron chi connectivity index (χ0n) is 8.32. The van der Waals surface area contributed by atoms with Gasteiger partial charge in [-0.1, -0.05) is 6.07 Å². The molecule has 0 atom stereocenters. The van der Waals surface area contributed by atoms with Crippen molar-refractivity contribution in [3.8, 4) is 0 Å². The summed E-state index contributed by atoms with van der Waals surface area (Å²) in [6.45, 7) is 3.56. The first kappa shape index (κ1) is 8.94. The van der Waals surface area contributed by atoms with Gasteiger partial charge in [0.05, 0.1) is 17.5 Å². The minimum atomic E-state index is 0.170. The lowest BCUT2D eigenvalue weighted by molar-refractivity contribution is -0.116. The van der Waals surface area contributed by atoms with Crippen LogP contribution in [0.4, 0.5) is 0 Å². The Hall–Kier alpha value is -1.64. The molecule has 0 saturated heterocycles. The molecule has 0 amide bonds. The standard InChI is InChI=1S/C11H12N2O/c1-8(14)6-10-4-3-5-11-9(2)12-7-13(10)11/h3-5,7H,6H2,1-2H3. The molecule has 2 heterocycles. The van der Waals surface area contributed by atoms with Crippen LogP contribution in [0.25, 0.3) is 5.52 Å². The van der Waals surface area contributed by atoms with Gasteiger partial charge in [0.25, 0.3) is 0 Å². The molecule has 0 spiro atoms. The summed E-state index contributed by atoms with van der Waals surface area (Å²) in [5, 5.41) is 0. The predicted octanol–water partition coefficient (Wildman–Crippen LogP) is 1.77. The third-order valence-corrected chi connectivity index (χ3v) is 2.28. The number of carbonyl (C=O) groups excluding carboxylic acids is 1. The molecule has 2 aromatic heterocycles. The number of ketones is 1. The Bertz CT molecular complexity index is 485. The summed E-state index contributed by atoms with van der Waals surface area (Å²) in [7, 11) is 0. The first-order chi connectivity index (χ1) is 6.68. The average Bonchev–Trinajstić information content (AvgIpc) is 2.49. The van der Waals surface area contributed by atoms with Crippen molar-refractivity contribution in [2.24, 2.45) is 0 Å². The minimum absolute atomic E-state index is 0.170. The lowest BCUT2D eigenvalue weighted by atomic mass is 10.2. The van der Waals surface area contributed by atoms with Crippen LogP contribution in [0.3, 0.4) is 0 Å². The maximum absolute atomic E-state index is 11.0. The van der Waals surface area contributed by atoms with E-state index in [1.165, 1.54) is 0 Å². The van der Waals surface area contributed by atoms with Crippen molar-refractivity contribution in [2.75, 3.05) is 0 Å². The summed E-state index contributed by atoms with van der Waals surface area (Å²) in [6, 6.07) is 5.92. The van der Waals surface area contributed by atoms with Gasteiger partial charge in [0.1, 0.15) is 5.78 Å². The summed E-state index contributed by atoms with van der Waals surface area (Å²) >= 11 is 0. The average molecular weight is 188 g/mol. The van der Waals surface area contributed by atoms with E-state index in [-0.39, 0.29) is 5.78 Å². The molecule has 0 saturated carbocycles. The number of nitrogens with zero attached hydrogens (tertiary/aromatic N) is 2. The fourth-order valence-electron chi connectivity index (χ4n) is 1.61. The van der Waals surface area contributed by atoms with Crippen molar-refractivity contribution in [1.29, 1.82) is 0 Å². The quantitative estimate of drug-likeness (QED) is 0.719. The number of imidazole rings is 1. The predicted molar refractivity (Wildman–Crippen MR) is 54.3 cm³/mol. The fraction of sp³-hybridized carbons (Fsp3) is 0.273. The van der Waals surface area contributed by atoms with Gasteiger partial charge in [-0.25, -0.2) is 4.98 Å². The Balaban J connectivity index is 2.59. The Morgan fingerprint density at radius 2 is 2.29 bits per heavy atom. The van der Waals surface area contributed by atoms with Gasteiger partial charge in [0.2, 0.25) is 0 Å². The van der Waals surface area contributed by atoms with Crippen LogP contribution in [-0.2, 0) is 11.2 Å². The number of fused-ring (bicyclic) bond motifs is 1. The highest BCUT2D eigenvalue weighted by atomic mass is 16.1. The van der Waals surface area contributed by atoms with Crippen molar-refractivity contribution < 1.29 is 4.79 Å². The number of rotatable bonds is 2. The number of aromatic nitrogens is 2. The van der Waals surface area contributed by atoms with Gasteiger partial charge in [-0.3, -0.25) is 4.79 Å². The molecule has 0 aliphatic rings. The highest BCUT2D eigenvalue weighted by Crippen LogP contribution is 2.11. The first-order valence-electron chi connectivity index (χ1n) is 4.59. The van der Waals surface area contributed by atoms with Gasteiger partial charge in [0, 0.05) is 12.1 Å². The van der Waals surface area contributed by atoms with Gasteiger partial charge in [-0.05, 0) is 26.0 Å². The van der Waals surface area contributed by atoms with E-state index in [2.05, 4.69) is 4.98 Å². The first-order valence-corrected chi connectivity index (χ1v) is 4.59. The van der Waals surface area contributed by atoms with E-state index in [0.29, 0.717) is 6.42 Å². The van der Waals surface area contributed by atoms with E-state index < -0.39 is 0 Å². The lowest BCUT2D eigenvalue weighted by Crippen LogP contribution is -2.02. The maximum Gasteiger partial charge on any atom is 0.135 e. The van der Waals surface area contributed by atoms with Crippen LogP contribution in [0.2, 0.25) is 0 Å². The van der Waals surface area contributed by atoms with Crippen molar-refractivity contribution >= 4 is 11.3 Å². The highest BCUT2D eigenvalue weighted by molar-refractivity contribution is 5.78. The molecule has 0 fully saturated rings. The molecule has 2 aromatic rings. The maximum atomic E-state index is 11.0. The molecule has 0 aliphatic heterocycles. The van der Waals surface area contributed by atoms with Crippen molar-refractivity contribution in [1.82, 2.24) is 9.38 Å². The summed E-state index contributed by atoms with van der Waals surface area (Å²) < 4.78 is 1.97. The van der Waals surface area contributed by atoms with Crippen LogP contribution in [0.5, 0.6) is 0 Å². The van der Waals surface area contributed by atoms with Crippen LogP contribution in [0.1, 0.15) is 18.3 Å². The second kappa shape index (κ2) is 3.25. The largest absolute Gasteiger partial charge is 0.303 e. The van der Waals surface area contributed by atoms with E-state index in [4.69, 9.17) is 0 Å². The van der Waals surface area contributed by atoms with Crippen molar-refractivity contribution in [2.45, 2.75) is 20.3 Å². The molecular formula is C11H12N2O. The fourth-order valence-corrected chi connectivity index (χ4v) is 1.61. The third kappa shape index (κ3) is 1.41. The van der Waals surface area contributed by atoms with Crippen LogP contribution in [0, 0.1) is 6.92 Å². The van der Waals surface area contributed by atoms with Crippen LogP contribution >= 0.6 is 0 Å². The molecule has 14 heavy (non-hydrogen) atoms. The normalized spacial score (nSPS) is 10.7. The van der Waals surface area contributed by atoms with Gasteiger partial charge < -0.3 is 4.40 Å². The molecule has 3 heteroatoms. The molecule has 0 bridgehead atoms. The molecule has 3 nitrogen and oxygen atoms in total. The smallest absolute Gasteiger partial charge is 0.135 e. The summed E-state index contributed by atoms with van der Waals surface area (Å²) in [6.07, 6.45) is 2.23.